The van der Waals surface area contributed by atoms with Gasteiger partial charge >= 0.3 is 6.09 Å². The van der Waals surface area contributed by atoms with Gasteiger partial charge in [-0.15, -0.1) is 0 Å². The van der Waals surface area contributed by atoms with E-state index in [4.69, 9.17) is 4.74 Å². The summed E-state index contributed by atoms with van der Waals surface area (Å²) in [7, 11) is 0. The molecule has 0 heterocycles. The van der Waals surface area contributed by atoms with Crippen molar-refractivity contribution in [3.8, 4) is 5.75 Å². The molecule has 0 aliphatic heterocycles. The fraction of sp³-hybridized carbons (Fsp3) is 0.710. The van der Waals surface area contributed by atoms with Crippen molar-refractivity contribution in [1.82, 2.24) is 15.5 Å². The summed E-state index contributed by atoms with van der Waals surface area (Å²) in [5.74, 6) is -0.621. The van der Waals surface area contributed by atoms with Crippen LogP contribution in [-0.2, 0) is 14.3 Å². The molecule has 0 saturated heterocycles. The number of aromatic hydroxyl groups is 1. The van der Waals surface area contributed by atoms with Crippen LogP contribution in [0.25, 0.3) is 0 Å². The van der Waals surface area contributed by atoms with Crippen LogP contribution in [0.4, 0.5) is 4.79 Å². The fourth-order valence-electron chi connectivity index (χ4n) is 4.60. The van der Waals surface area contributed by atoms with Crippen molar-refractivity contribution in [3.05, 3.63) is 29.3 Å². The average Bonchev–Trinajstić information content (AvgIpc) is 2.81. The second-order valence-corrected chi connectivity index (χ2v) is 12.0. The molecule has 0 aliphatic carbocycles. The lowest BCUT2D eigenvalue weighted by molar-refractivity contribution is -0.143. The Morgan fingerprint density at radius 3 is 2.23 bits per heavy atom. The van der Waals surface area contributed by atoms with Crippen LogP contribution in [0.15, 0.2) is 18.2 Å². The Balaban J connectivity index is 3.59. The number of rotatable bonds is 15. The van der Waals surface area contributed by atoms with Crippen LogP contribution in [0, 0.1) is 12.8 Å². The summed E-state index contributed by atoms with van der Waals surface area (Å²) in [5.41, 5.74) is 0.275. The highest BCUT2D eigenvalue weighted by Crippen LogP contribution is 2.33. The molecule has 39 heavy (non-hydrogen) atoms. The van der Waals surface area contributed by atoms with Gasteiger partial charge in [-0.05, 0) is 65.4 Å². The Morgan fingerprint density at radius 2 is 1.67 bits per heavy atom. The number of nitrogens with zero attached hydrogens (tertiary/aromatic N) is 1. The Bertz CT molecular complexity index is 925. The Labute approximate surface area is 236 Å². The molecule has 0 aliphatic rings. The zero-order valence-electron chi connectivity index (χ0n) is 25.7. The van der Waals surface area contributed by atoms with Gasteiger partial charge < -0.3 is 25.4 Å². The number of hydrogen-bond donors (Lipinski definition) is 3. The van der Waals surface area contributed by atoms with E-state index in [9.17, 15) is 19.5 Å². The topological polar surface area (TPSA) is 108 Å². The van der Waals surface area contributed by atoms with Gasteiger partial charge in [-0.2, -0.15) is 0 Å². The van der Waals surface area contributed by atoms with Crippen molar-refractivity contribution >= 4 is 17.9 Å². The Kier molecular flexibility index (Phi) is 14.4. The molecule has 1 aromatic carbocycles. The standard InChI is InChI=1S/C31H53N3O5/c1-10-12-13-14-19-34(29(37)25(20-21(3)4)33-30(38)39-31(7,8)9)26(28(36)32-23(6)16-11-2)24-18-15-17-22(5)27(24)35/h15,17-18,21,23,25-26,35H,10-14,16,19-20H2,1-9H3,(H,32,36)(H,33,38). The van der Waals surface area contributed by atoms with Gasteiger partial charge in [0.05, 0.1) is 0 Å². The molecule has 0 aromatic heterocycles. The lowest BCUT2D eigenvalue weighted by atomic mass is 9.96. The number of ether oxygens (including phenoxy) is 1. The van der Waals surface area contributed by atoms with Crippen molar-refractivity contribution in [3.63, 3.8) is 0 Å². The average molecular weight is 548 g/mol. The summed E-state index contributed by atoms with van der Waals surface area (Å²) in [6, 6.07) is 3.22. The number of phenolic OH excluding ortho intramolecular Hbond substituents is 1. The Hall–Kier alpha value is -2.77. The third-order valence-electron chi connectivity index (χ3n) is 6.47. The largest absolute Gasteiger partial charge is 0.507 e. The summed E-state index contributed by atoms with van der Waals surface area (Å²) in [6.45, 7) is 17.4. The van der Waals surface area contributed by atoms with E-state index in [2.05, 4.69) is 24.5 Å². The summed E-state index contributed by atoms with van der Waals surface area (Å²) in [6.07, 6.45) is 5.02. The van der Waals surface area contributed by atoms with Crippen LogP contribution in [0.5, 0.6) is 5.75 Å². The second kappa shape index (κ2) is 16.4. The number of amides is 3. The number of aryl methyl sites for hydroxylation is 1. The zero-order valence-corrected chi connectivity index (χ0v) is 25.7. The van der Waals surface area contributed by atoms with E-state index in [0.717, 1.165) is 32.1 Å². The monoisotopic (exact) mass is 547 g/mol. The molecule has 3 unspecified atom stereocenters. The molecule has 0 bridgehead atoms. The molecule has 0 radical (unpaired) electrons. The first kappa shape index (κ1) is 34.3. The Morgan fingerprint density at radius 1 is 1.00 bits per heavy atom. The minimum absolute atomic E-state index is 0.00679. The number of phenols is 1. The molecule has 3 amide bonds. The molecule has 1 aromatic rings. The van der Waals surface area contributed by atoms with Crippen molar-refractivity contribution in [1.29, 1.82) is 0 Å². The summed E-state index contributed by atoms with van der Waals surface area (Å²) in [4.78, 5) is 42.4. The number of carbonyl (C=O) groups excluding carboxylic acids is 3. The fourth-order valence-corrected chi connectivity index (χ4v) is 4.60. The molecule has 1 rings (SSSR count). The van der Waals surface area contributed by atoms with E-state index in [0.29, 0.717) is 30.5 Å². The first-order valence-electron chi connectivity index (χ1n) is 14.6. The molecule has 0 spiro atoms. The lowest BCUT2D eigenvalue weighted by Crippen LogP contribution is -2.54. The molecular weight excluding hydrogens is 494 g/mol. The first-order chi connectivity index (χ1) is 18.2. The van der Waals surface area contributed by atoms with Gasteiger partial charge in [-0.25, -0.2) is 4.79 Å². The minimum Gasteiger partial charge on any atom is -0.507 e. The van der Waals surface area contributed by atoms with E-state index in [-0.39, 0.29) is 29.5 Å². The van der Waals surface area contributed by atoms with E-state index in [1.165, 1.54) is 0 Å². The van der Waals surface area contributed by atoms with E-state index in [1.54, 1.807) is 50.8 Å². The smallest absolute Gasteiger partial charge is 0.408 e. The van der Waals surface area contributed by atoms with Crippen molar-refractivity contribution < 1.29 is 24.2 Å². The van der Waals surface area contributed by atoms with Crippen molar-refractivity contribution in [2.24, 2.45) is 5.92 Å². The van der Waals surface area contributed by atoms with E-state index in [1.807, 2.05) is 20.8 Å². The zero-order chi connectivity index (χ0) is 29.8. The molecule has 0 fully saturated rings. The molecule has 222 valence electrons. The number of alkyl carbamates (subject to hydrolysis) is 1. The number of unbranched alkanes of at least 4 members (excludes halogenated alkanes) is 3. The maximum atomic E-state index is 14.3. The number of nitrogens with one attached hydrogen (secondary N) is 2. The van der Waals surface area contributed by atoms with Crippen LogP contribution >= 0.6 is 0 Å². The van der Waals surface area contributed by atoms with Crippen molar-refractivity contribution in [2.45, 2.75) is 131 Å². The quantitative estimate of drug-likeness (QED) is 0.220. The number of para-hydroxylation sites is 1. The molecule has 3 N–H and O–H groups in total. The first-order valence-corrected chi connectivity index (χ1v) is 14.6. The SMILES string of the molecule is CCCCCCN(C(=O)C(CC(C)C)NC(=O)OC(C)(C)C)C(C(=O)NC(C)CCC)c1cccc(C)c1O. The molecule has 0 saturated carbocycles. The second-order valence-electron chi connectivity index (χ2n) is 12.0. The van der Waals surface area contributed by atoms with Gasteiger partial charge in [0, 0.05) is 18.2 Å². The molecule has 8 nitrogen and oxygen atoms in total. The van der Waals surface area contributed by atoms with Gasteiger partial charge in [0.15, 0.2) is 0 Å². The number of hydrogen-bond acceptors (Lipinski definition) is 5. The number of carbonyl (C=O) groups is 3. The van der Waals surface area contributed by atoms with Gasteiger partial charge in [0.1, 0.15) is 23.4 Å². The molecule has 8 heteroatoms. The molecule has 3 atom stereocenters. The van der Waals surface area contributed by atoms with Crippen LogP contribution < -0.4 is 10.6 Å². The van der Waals surface area contributed by atoms with Gasteiger partial charge in [-0.3, -0.25) is 9.59 Å². The van der Waals surface area contributed by atoms with E-state index < -0.39 is 23.8 Å². The predicted molar refractivity (Wildman–Crippen MR) is 157 cm³/mol. The summed E-state index contributed by atoms with van der Waals surface area (Å²) < 4.78 is 5.46. The van der Waals surface area contributed by atoms with Crippen molar-refractivity contribution in [2.75, 3.05) is 6.54 Å². The highest BCUT2D eigenvalue weighted by atomic mass is 16.6. The maximum Gasteiger partial charge on any atom is 0.408 e. The van der Waals surface area contributed by atoms with Crippen LogP contribution in [0.2, 0.25) is 0 Å². The minimum atomic E-state index is -1.05. The third kappa shape index (κ3) is 11.9. The van der Waals surface area contributed by atoms with E-state index >= 15 is 0 Å². The van der Waals surface area contributed by atoms with Gasteiger partial charge in [-0.1, -0.05) is 71.6 Å². The van der Waals surface area contributed by atoms with Crippen LogP contribution in [0.3, 0.4) is 0 Å². The maximum absolute atomic E-state index is 14.3. The number of benzene rings is 1. The summed E-state index contributed by atoms with van der Waals surface area (Å²) in [5, 5.41) is 16.9. The van der Waals surface area contributed by atoms with Crippen LogP contribution in [0.1, 0.15) is 118 Å². The highest BCUT2D eigenvalue weighted by molar-refractivity contribution is 5.92. The third-order valence-corrected chi connectivity index (χ3v) is 6.47. The highest BCUT2D eigenvalue weighted by Gasteiger charge is 2.38. The predicted octanol–water partition coefficient (Wildman–Crippen LogP) is 6.39. The lowest BCUT2D eigenvalue weighted by Gasteiger charge is -2.36. The molecular formula is C31H53N3O5. The normalized spacial score (nSPS) is 13.9. The van der Waals surface area contributed by atoms with Gasteiger partial charge in [0.25, 0.3) is 0 Å². The summed E-state index contributed by atoms with van der Waals surface area (Å²) >= 11 is 0. The van der Waals surface area contributed by atoms with Gasteiger partial charge in [0.2, 0.25) is 11.8 Å². The van der Waals surface area contributed by atoms with Crippen LogP contribution in [-0.4, -0.2) is 52.1 Å².